The molecular formula is C13H20N2O3S. The first-order valence-corrected chi connectivity index (χ1v) is 6.88. The van der Waals surface area contributed by atoms with Gasteiger partial charge in [-0.15, -0.1) is 11.3 Å². The maximum absolute atomic E-state index is 11.9. The first-order valence-electron chi connectivity index (χ1n) is 6.07. The molecule has 0 radical (unpaired) electrons. The summed E-state index contributed by atoms with van der Waals surface area (Å²) < 4.78 is 0. The van der Waals surface area contributed by atoms with E-state index >= 15 is 0 Å². The molecule has 6 heteroatoms. The minimum atomic E-state index is -1.02. The van der Waals surface area contributed by atoms with E-state index in [1.54, 1.807) is 11.3 Å². The lowest BCUT2D eigenvalue weighted by molar-refractivity contribution is -0.141. The van der Waals surface area contributed by atoms with Crippen LogP contribution in [0.4, 0.5) is 4.79 Å². The van der Waals surface area contributed by atoms with Gasteiger partial charge in [0.15, 0.2) is 0 Å². The van der Waals surface area contributed by atoms with Gasteiger partial charge in [0.1, 0.15) is 6.04 Å². The van der Waals surface area contributed by atoms with Gasteiger partial charge in [0, 0.05) is 16.8 Å². The van der Waals surface area contributed by atoms with Crippen LogP contribution < -0.4 is 5.32 Å². The Morgan fingerprint density at radius 1 is 1.37 bits per heavy atom. The molecule has 0 bridgehead atoms. The molecule has 0 saturated heterocycles. The molecule has 1 heterocycles. The number of hydrogen-bond acceptors (Lipinski definition) is 3. The summed E-state index contributed by atoms with van der Waals surface area (Å²) >= 11 is 1.69. The highest BCUT2D eigenvalue weighted by molar-refractivity contribution is 7.12. The first-order chi connectivity index (χ1) is 8.73. The van der Waals surface area contributed by atoms with Crippen LogP contribution in [0.25, 0.3) is 0 Å². The van der Waals surface area contributed by atoms with Crippen molar-refractivity contribution >= 4 is 23.3 Å². The summed E-state index contributed by atoms with van der Waals surface area (Å²) in [7, 11) is 1.48. The summed E-state index contributed by atoms with van der Waals surface area (Å²) in [4.78, 5) is 26.3. The molecule has 5 nitrogen and oxygen atoms in total. The van der Waals surface area contributed by atoms with Gasteiger partial charge in [0.25, 0.3) is 0 Å². The third kappa shape index (κ3) is 3.70. The first kappa shape index (κ1) is 15.5. The Balaban J connectivity index is 2.72. The topological polar surface area (TPSA) is 69.6 Å². The molecule has 19 heavy (non-hydrogen) atoms. The van der Waals surface area contributed by atoms with Gasteiger partial charge in [-0.3, -0.25) is 0 Å². The van der Waals surface area contributed by atoms with E-state index in [9.17, 15) is 9.59 Å². The van der Waals surface area contributed by atoms with Crippen LogP contribution in [0.3, 0.4) is 0 Å². The number of nitrogens with one attached hydrogen (secondary N) is 1. The van der Waals surface area contributed by atoms with Crippen LogP contribution in [0, 0.1) is 13.8 Å². The van der Waals surface area contributed by atoms with Crippen LogP contribution in [0.5, 0.6) is 0 Å². The highest BCUT2D eigenvalue weighted by Crippen LogP contribution is 2.26. The lowest BCUT2D eigenvalue weighted by atomic mass is 10.1. The minimum Gasteiger partial charge on any atom is -0.480 e. The smallest absolute Gasteiger partial charge is 0.326 e. The van der Waals surface area contributed by atoms with E-state index in [2.05, 4.69) is 5.32 Å². The van der Waals surface area contributed by atoms with E-state index in [1.165, 1.54) is 28.6 Å². The van der Waals surface area contributed by atoms with Crippen molar-refractivity contribution in [3.8, 4) is 0 Å². The molecule has 1 rings (SSSR count). The van der Waals surface area contributed by atoms with Crippen LogP contribution in [0.1, 0.15) is 35.2 Å². The molecule has 1 aromatic heterocycles. The van der Waals surface area contributed by atoms with Gasteiger partial charge in [-0.05, 0) is 39.3 Å². The zero-order valence-corrected chi connectivity index (χ0v) is 12.7. The third-order valence-electron chi connectivity index (χ3n) is 3.14. The van der Waals surface area contributed by atoms with E-state index in [-0.39, 0.29) is 12.1 Å². The molecule has 0 saturated carbocycles. The second kappa shape index (κ2) is 6.06. The molecule has 106 valence electrons. The second-order valence-electron chi connectivity index (χ2n) is 4.66. The third-order valence-corrected chi connectivity index (χ3v) is 4.13. The number of urea groups is 1. The second-order valence-corrected chi connectivity index (χ2v) is 6.13. The van der Waals surface area contributed by atoms with Crippen LogP contribution in [-0.4, -0.2) is 35.1 Å². The van der Waals surface area contributed by atoms with E-state index in [4.69, 9.17) is 5.11 Å². The van der Waals surface area contributed by atoms with Crippen molar-refractivity contribution in [2.24, 2.45) is 0 Å². The molecule has 2 unspecified atom stereocenters. The van der Waals surface area contributed by atoms with E-state index in [1.807, 2.05) is 26.8 Å². The Hall–Kier alpha value is -1.56. The quantitative estimate of drug-likeness (QED) is 0.892. The summed E-state index contributed by atoms with van der Waals surface area (Å²) in [6, 6.07) is 0.676. The normalized spacial score (nSPS) is 13.7. The summed E-state index contributed by atoms with van der Waals surface area (Å²) in [6.45, 7) is 7.41. The van der Waals surface area contributed by atoms with Gasteiger partial charge < -0.3 is 15.3 Å². The van der Waals surface area contributed by atoms with Gasteiger partial charge in [0.05, 0.1) is 6.04 Å². The van der Waals surface area contributed by atoms with Gasteiger partial charge in [-0.2, -0.15) is 0 Å². The molecule has 2 N–H and O–H groups in total. The number of thiophene rings is 1. The number of rotatable bonds is 4. The fourth-order valence-corrected chi connectivity index (χ4v) is 2.81. The van der Waals surface area contributed by atoms with Crippen molar-refractivity contribution in [1.29, 1.82) is 0 Å². The van der Waals surface area contributed by atoms with Crippen molar-refractivity contribution in [2.75, 3.05) is 7.05 Å². The van der Waals surface area contributed by atoms with Crippen LogP contribution in [-0.2, 0) is 4.79 Å². The molecule has 0 aliphatic carbocycles. The number of carbonyl (C=O) groups is 2. The predicted octanol–water partition coefficient (Wildman–Crippen LogP) is 2.54. The fraction of sp³-hybridized carbons (Fsp3) is 0.538. The molecule has 0 fully saturated rings. The monoisotopic (exact) mass is 284 g/mol. The number of carbonyl (C=O) groups excluding carboxylic acids is 1. The standard InChI is InChI=1S/C13H20N2O3S/c1-7-6-11(10(4)19-7)8(2)14-13(18)15(5)9(3)12(16)17/h6,8-9H,1-5H3,(H,14,18)(H,16,17). The van der Waals surface area contributed by atoms with Gasteiger partial charge in [-0.1, -0.05) is 0 Å². The summed E-state index contributed by atoms with van der Waals surface area (Å²) in [5.74, 6) is -1.02. The van der Waals surface area contributed by atoms with Crippen LogP contribution in [0.2, 0.25) is 0 Å². The average molecular weight is 284 g/mol. The highest BCUT2D eigenvalue weighted by atomic mass is 32.1. The Morgan fingerprint density at radius 3 is 2.37 bits per heavy atom. The molecule has 0 aromatic carbocycles. The largest absolute Gasteiger partial charge is 0.480 e. The number of hydrogen-bond donors (Lipinski definition) is 2. The van der Waals surface area contributed by atoms with Gasteiger partial charge >= 0.3 is 12.0 Å². The van der Waals surface area contributed by atoms with Crippen LogP contribution in [0.15, 0.2) is 6.07 Å². The molecule has 0 aliphatic rings. The van der Waals surface area contributed by atoms with Crippen molar-refractivity contribution < 1.29 is 14.7 Å². The van der Waals surface area contributed by atoms with Gasteiger partial charge in [-0.25, -0.2) is 9.59 Å². The van der Waals surface area contributed by atoms with Crippen LogP contribution >= 0.6 is 11.3 Å². The number of amides is 2. The Kier molecular flexibility index (Phi) is 4.94. The predicted molar refractivity (Wildman–Crippen MR) is 75.6 cm³/mol. The maximum atomic E-state index is 11.9. The Labute approximate surface area is 117 Å². The number of aryl methyl sites for hydroxylation is 2. The Bertz CT molecular complexity index is 484. The maximum Gasteiger partial charge on any atom is 0.326 e. The van der Waals surface area contributed by atoms with Crippen molar-refractivity contribution in [1.82, 2.24) is 10.2 Å². The van der Waals surface area contributed by atoms with Crippen molar-refractivity contribution in [3.63, 3.8) is 0 Å². The lowest BCUT2D eigenvalue weighted by Crippen LogP contribution is -2.46. The lowest BCUT2D eigenvalue weighted by Gasteiger charge is -2.24. The van der Waals surface area contributed by atoms with E-state index in [0.29, 0.717) is 0 Å². The summed E-state index contributed by atoms with van der Waals surface area (Å²) in [5, 5.41) is 11.7. The molecule has 0 spiro atoms. The van der Waals surface area contributed by atoms with Crippen molar-refractivity contribution in [2.45, 2.75) is 39.8 Å². The minimum absolute atomic E-state index is 0.138. The average Bonchev–Trinajstić information content (AvgIpc) is 2.66. The number of likely N-dealkylation sites (N-methyl/N-ethyl adjacent to an activating group) is 1. The number of carboxylic acids is 1. The number of nitrogens with zero attached hydrogens (tertiary/aromatic N) is 1. The van der Waals surface area contributed by atoms with Crippen molar-refractivity contribution in [3.05, 3.63) is 21.4 Å². The number of aliphatic carboxylic acids is 1. The number of carboxylic acid groups (broad SMARTS) is 1. The van der Waals surface area contributed by atoms with E-state index < -0.39 is 12.0 Å². The fourth-order valence-electron chi connectivity index (χ4n) is 1.79. The molecule has 2 amide bonds. The molecule has 1 aromatic rings. The highest BCUT2D eigenvalue weighted by Gasteiger charge is 2.23. The summed E-state index contributed by atoms with van der Waals surface area (Å²) in [5.41, 5.74) is 1.08. The zero-order chi connectivity index (χ0) is 14.7. The molecule has 0 aliphatic heterocycles. The molecule has 2 atom stereocenters. The Morgan fingerprint density at radius 2 is 1.95 bits per heavy atom. The zero-order valence-electron chi connectivity index (χ0n) is 11.9. The summed E-state index contributed by atoms with van der Waals surface area (Å²) in [6.07, 6.45) is 0. The molecular weight excluding hydrogens is 264 g/mol. The van der Waals surface area contributed by atoms with E-state index in [0.717, 1.165) is 5.56 Å². The van der Waals surface area contributed by atoms with Gasteiger partial charge in [0.2, 0.25) is 0 Å². The SMILES string of the molecule is Cc1cc(C(C)NC(=O)N(C)C(C)C(=O)O)c(C)s1.